The summed E-state index contributed by atoms with van der Waals surface area (Å²) in [5.74, 6) is 0. The van der Waals surface area contributed by atoms with Crippen molar-refractivity contribution in [2.24, 2.45) is 4.99 Å². The molecular formula is C45H30N4S. The Morgan fingerprint density at radius 3 is 1.88 bits per heavy atom. The van der Waals surface area contributed by atoms with Gasteiger partial charge in [0.05, 0.1) is 28.1 Å². The monoisotopic (exact) mass is 658 g/mol. The van der Waals surface area contributed by atoms with Crippen LogP contribution in [0.3, 0.4) is 0 Å². The van der Waals surface area contributed by atoms with Crippen LogP contribution in [-0.4, -0.2) is 15.3 Å². The fraction of sp³-hybridized carbons (Fsp3) is 0.0444. The number of fused-ring (bicyclic) bond motifs is 9. The van der Waals surface area contributed by atoms with Crippen LogP contribution in [0.2, 0.25) is 0 Å². The number of rotatable bonds is 4. The van der Waals surface area contributed by atoms with E-state index in [1.807, 2.05) is 11.3 Å². The minimum atomic E-state index is -0.134. The summed E-state index contributed by atoms with van der Waals surface area (Å²) >= 11 is 1.87. The van der Waals surface area contributed by atoms with Crippen molar-refractivity contribution in [2.45, 2.75) is 12.2 Å². The number of hydrogen-bond donors (Lipinski definition) is 1. The van der Waals surface area contributed by atoms with E-state index in [-0.39, 0.29) is 12.2 Å². The van der Waals surface area contributed by atoms with Crippen LogP contribution in [0.1, 0.15) is 23.3 Å². The lowest BCUT2D eigenvalue weighted by Gasteiger charge is -2.16. The highest BCUT2D eigenvalue weighted by Gasteiger charge is 2.25. The van der Waals surface area contributed by atoms with Crippen LogP contribution in [-0.2, 0) is 0 Å². The Kier molecular flexibility index (Phi) is 5.99. The van der Waals surface area contributed by atoms with Crippen LogP contribution in [0.25, 0.3) is 75.2 Å². The van der Waals surface area contributed by atoms with E-state index in [4.69, 9.17) is 4.99 Å². The van der Waals surface area contributed by atoms with E-state index in [0.717, 1.165) is 16.9 Å². The number of nitrogens with zero attached hydrogens (tertiary/aromatic N) is 3. The highest BCUT2D eigenvalue weighted by molar-refractivity contribution is 7.26. The van der Waals surface area contributed by atoms with Gasteiger partial charge in [-0.2, -0.15) is 0 Å². The van der Waals surface area contributed by atoms with Crippen LogP contribution < -0.4 is 5.32 Å². The van der Waals surface area contributed by atoms with E-state index in [2.05, 4.69) is 178 Å². The summed E-state index contributed by atoms with van der Waals surface area (Å²) < 4.78 is 7.48. The highest BCUT2D eigenvalue weighted by atomic mass is 32.1. The Morgan fingerprint density at radius 1 is 0.480 bits per heavy atom. The molecule has 1 N–H and O–H groups in total. The highest BCUT2D eigenvalue weighted by Crippen LogP contribution is 2.41. The van der Waals surface area contributed by atoms with Gasteiger partial charge in [-0.3, -0.25) is 10.3 Å². The maximum Gasteiger partial charge on any atom is 0.126 e. The van der Waals surface area contributed by atoms with Gasteiger partial charge >= 0.3 is 0 Å². The molecule has 0 spiro atoms. The molecule has 1 aliphatic rings. The van der Waals surface area contributed by atoms with Gasteiger partial charge < -0.3 is 9.13 Å². The first-order valence-electron chi connectivity index (χ1n) is 17.1. The van der Waals surface area contributed by atoms with Gasteiger partial charge in [-0.15, -0.1) is 11.3 Å². The summed E-state index contributed by atoms with van der Waals surface area (Å²) in [7, 11) is 0. The zero-order valence-electron chi connectivity index (χ0n) is 27.0. The number of hydrogen-bond acceptors (Lipinski definition) is 3. The number of thiophene rings is 1. The Hall–Kier alpha value is -6.01. The lowest BCUT2D eigenvalue weighted by Crippen LogP contribution is -2.20. The fourth-order valence-electron chi connectivity index (χ4n) is 8.19. The molecule has 2 unspecified atom stereocenters. The second-order valence-corrected chi connectivity index (χ2v) is 14.2. The molecule has 3 aromatic heterocycles. The molecule has 0 radical (unpaired) electrons. The molecular weight excluding hydrogens is 629 g/mol. The third-order valence-electron chi connectivity index (χ3n) is 10.4. The minimum Gasteiger partial charge on any atom is -0.309 e. The van der Waals surface area contributed by atoms with Crippen LogP contribution >= 0.6 is 11.3 Å². The van der Waals surface area contributed by atoms with Gasteiger partial charge in [-0.1, -0.05) is 103 Å². The molecule has 11 rings (SSSR count). The van der Waals surface area contributed by atoms with Gasteiger partial charge in [0.25, 0.3) is 0 Å². The Bertz CT molecular complexity index is 2980. The van der Waals surface area contributed by atoms with Crippen LogP contribution in [0.4, 0.5) is 0 Å². The van der Waals surface area contributed by atoms with Gasteiger partial charge in [-0.25, -0.2) is 0 Å². The Morgan fingerprint density at radius 2 is 1.10 bits per heavy atom. The normalized spacial score (nSPS) is 16.2. The second-order valence-electron chi connectivity index (χ2n) is 13.2. The van der Waals surface area contributed by atoms with E-state index in [9.17, 15) is 0 Å². The van der Waals surface area contributed by atoms with Gasteiger partial charge in [0, 0.05) is 59.3 Å². The predicted molar refractivity (Wildman–Crippen MR) is 212 cm³/mol. The molecule has 0 saturated heterocycles. The summed E-state index contributed by atoms with van der Waals surface area (Å²) in [6, 6.07) is 57.3. The van der Waals surface area contributed by atoms with Gasteiger partial charge in [0.1, 0.15) is 6.17 Å². The van der Waals surface area contributed by atoms with Crippen molar-refractivity contribution in [3.63, 3.8) is 0 Å². The molecule has 0 fully saturated rings. The van der Waals surface area contributed by atoms with Crippen molar-refractivity contribution >= 4 is 81.3 Å². The quantitative estimate of drug-likeness (QED) is 0.201. The Labute approximate surface area is 292 Å². The average molecular weight is 659 g/mol. The van der Waals surface area contributed by atoms with Crippen LogP contribution in [0.15, 0.2) is 163 Å². The summed E-state index contributed by atoms with van der Waals surface area (Å²) in [6.07, 6.45) is 1.96. The lowest BCUT2D eigenvalue weighted by atomic mass is 10.0. The first-order valence-corrected chi connectivity index (χ1v) is 17.9. The second kappa shape index (κ2) is 10.7. The topological polar surface area (TPSA) is 34.2 Å². The molecule has 0 bridgehead atoms. The maximum absolute atomic E-state index is 5.04. The minimum absolute atomic E-state index is 0.0434. The van der Waals surface area contributed by atoms with E-state index in [1.54, 1.807) is 0 Å². The summed E-state index contributed by atoms with van der Waals surface area (Å²) in [4.78, 5) is 5.04. The zero-order chi connectivity index (χ0) is 32.8. The third kappa shape index (κ3) is 4.05. The third-order valence-corrected chi connectivity index (χ3v) is 11.7. The largest absolute Gasteiger partial charge is 0.309 e. The van der Waals surface area contributed by atoms with Crippen molar-refractivity contribution in [1.29, 1.82) is 0 Å². The molecule has 0 aliphatic carbocycles. The number of aromatic nitrogens is 2. The summed E-state index contributed by atoms with van der Waals surface area (Å²) in [5.41, 5.74) is 9.52. The standard InChI is InChI=1S/C45H30N4S/c1-2-13-29(14-3-1)48-39-21-7-4-16-31(39)36-25-37-32-17-5-8-22-40(32)49(42(37)26-41(36)48)30-15-10-12-28(24-30)45-46-27-38(47-45)35-20-11-19-34-33-18-6-9-23-43(33)50-44(34)35/h1-27,38,45,47H. The predicted octanol–water partition coefficient (Wildman–Crippen LogP) is 11.7. The van der Waals surface area contributed by atoms with Crippen molar-refractivity contribution in [3.8, 4) is 11.4 Å². The number of para-hydroxylation sites is 3. The van der Waals surface area contributed by atoms with Gasteiger partial charge in [0.2, 0.25) is 0 Å². The molecule has 10 aromatic rings. The van der Waals surface area contributed by atoms with Crippen molar-refractivity contribution in [2.75, 3.05) is 0 Å². The van der Waals surface area contributed by atoms with Gasteiger partial charge in [0.15, 0.2) is 0 Å². The first kappa shape index (κ1) is 27.9. The molecule has 0 amide bonds. The van der Waals surface area contributed by atoms with E-state index in [0.29, 0.717) is 0 Å². The molecule has 4 nitrogen and oxygen atoms in total. The smallest absolute Gasteiger partial charge is 0.126 e. The SMILES string of the molecule is C1=NC(c2cccc(-n3c4ccccc4c4cc5c6ccccc6n(-c6ccccc6)c5cc43)c2)NC1c1cccc2c1sc1ccccc12. The molecule has 1 aliphatic heterocycles. The van der Waals surface area contributed by atoms with Crippen LogP contribution in [0, 0.1) is 0 Å². The molecule has 7 aromatic carbocycles. The molecule has 2 atom stereocenters. The fourth-order valence-corrected chi connectivity index (χ4v) is 9.45. The van der Waals surface area contributed by atoms with E-state index in [1.165, 1.54) is 69.3 Å². The average Bonchev–Trinajstić information content (AvgIpc) is 3.95. The molecule has 4 heterocycles. The molecule has 5 heteroatoms. The van der Waals surface area contributed by atoms with Crippen molar-refractivity contribution in [3.05, 3.63) is 169 Å². The number of nitrogens with one attached hydrogen (secondary N) is 1. The maximum atomic E-state index is 5.04. The zero-order valence-corrected chi connectivity index (χ0v) is 27.8. The van der Waals surface area contributed by atoms with E-state index >= 15 is 0 Å². The number of benzene rings is 7. The molecule has 50 heavy (non-hydrogen) atoms. The lowest BCUT2D eigenvalue weighted by molar-refractivity contribution is 0.576. The molecule has 236 valence electrons. The van der Waals surface area contributed by atoms with Crippen LogP contribution in [0.5, 0.6) is 0 Å². The summed E-state index contributed by atoms with van der Waals surface area (Å²) in [6.45, 7) is 0. The first-order chi connectivity index (χ1) is 24.8. The van der Waals surface area contributed by atoms with E-state index < -0.39 is 0 Å². The summed E-state index contributed by atoms with van der Waals surface area (Å²) in [5, 5.41) is 11.5. The van der Waals surface area contributed by atoms with Crippen molar-refractivity contribution < 1.29 is 0 Å². The Balaban J connectivity index is 1.05. The van der Waals surface area contributed by atoms with Gasteiger partial charge in [-0.05, 0) is 65.7 Å². The van der Waals surface area contributed by atoms with Crippen molar-refractivity contribution in [1.82, 2.24) is 14.5 Å². The number of aliphatic imine (C=N–C) groups is 1. The molecule has 0 saturated carbocycles.